The van der Waals surface area contributed by atoms with Gasteiger partial charge in [0.15, 0.2) is 0 Å². The van der Waals surface area contributed by atoms with Crippen molar-refractivity contribution < 1.29 is 9.50 Å². The molecule has 0 aliphatic carbocycles. The normalized spacial score (nSPS) is 12.1. The average Bonchev–Trinajstić information content (AvgIpc) is 2.69. The molecule has 1 aromatic carbocycles. The Hall–Kier alpha value is -2.58. The Morgan fingerprint density at radius 1 is 1.11 bits per heavy atom. The van der Waals surface area contributed by atoms with Crippen molar-refractivity contribution in [2.75, 3.05) is 17.2 Å². The van der Waals surface area contributed by atoms with E-state index in [-0.39, 0.29) is 24.4 Å². The quantitative estimate of drug-likeness (QED) is 0.492. The van der Waals surface area contributed by atoms with Crippen molar-refractivity contribution in [3.05, 3.63) is 59.1 Å². The number of hydrogen-bond acceptors (Lipinski definition) is 6. The number of benzene rings is 1. The Labute approximate surface area is 171 Å². The van der Waals surface area contributed by atoms with Gasteiger partial charge in [-0.2, -0.15) is 4.98 Å². The maximum Gasteiger partial charge on any atom is 0.225 e. The van der Waals surface area contributed by atoms with Crippen molar-refractivity contribution in [3.8, 4) is 11.3 Å². The van der Waals surface area contributed by atoms with E-state index in [0.717, 1.165) is 5.56 Å². The lowest BCUT2D eigenvalue weighted by atomic mass is 10.1. The van der Waals surface area contributed by atoms with Gasteiger partial charge in [-0.1, -0.05) is 13.8 Å². The molecule has 3 N–H and O–H groups in total. The van der Waals surface area contributed by atoms with Gasteiger partial charge in [0.2, 0.25) is 5.95 Å². The summed E-state index contributed by atoms with van der Waals surface area (Å²) in [4.78, 5) is 13.1. The number of pyridine rings is 1. The summed E-state index contributed by atoms with van der Waals surface area (Å²) in [5.74, 6) is 0.704. The van der Waals surface area contributed by atoms with Crippen LogP contribution in [0.1, 0.15) is 13.8 Å². The van der Waals surface area contributed by atoms with Crippen LogP contribution in [0.4, 0.5) is 21.8 Å². The first-order chi connectivity index (χ1) is 13.5. The van der Waals surface area contributed by atoms with E-state index in [0.29, 0.717) is 27.6 Å². The van der Waals surface area contributed by atoms with Gasteiger partial charge >= 0.3 is 0 Å². The molecule has 0 saturated carbocycles. The maximum atomic E-state index is 13.8. The van der Waals surface area contributed by atoms with Gasteiger partial charge in [0.05, 0.1) is 22.8 Å². The molecule has 3 rings (SSSR count). The topological polar surface area (TPSA) is 83.0 Å². The lowest BCUT2D eigenvalue weighted by Gasteiger charge is -2.20. The Morgan fingerprint density at radius 3 is 2.50 bits per heavy atom. The highest BCUT2D eigenvalue weighted by Crippen LogP contribution is 2.26. The van der Waals surface area contributed by atoms with Crippen LogP contribution in [0.15, 0.2) is 53.3 Å². The van der Waals surface area contributed by atoms with Crippen LogP contribution in [0.5, 0.6) is 0 Å². The van der Waals surface area contributed by atoms with Gasteiger partial charge in [-0.05, 0) is 52.2 Å². The maximum absolute atomic E-state index is 13.8. The monoisotopic (exact) mass is 445 g/mol. The van der Waals surface area contributed by atoms with E-state index in [1.54, 1.807) is 30.6 Å². The van der Waals surface area contributed by atoms with E-state index < -0.39 is 0 Å². The molecule has 0 aliphatic rings. The summed E-state index contributed by atoms with van der Waals surface area (Å²) in [6, 6.07) is 10.1. The fourth-order valence-electron chi connectivity index (χ4n) is 2.56. The molecule has 2 aromatic heterocycles. The zero-order chi connectivity index (χ0) is 20.1. The zero-order valence-electron chi connectivity index (χ0n) is 15.5. The SMILES string of the molecule is CC(C)[C@H](CO)Nc1nc(Nc2ccc(Br)c(F)c2)cc(-c2ccncc2)n1. The molecular formula is C20H21BrFN5O. The summed E-state index contributed by atoms with van der Waals surface area (Å²) in [6.45, 7) is 3.97. The molecule has 0 unspecified atom stereocenters. The fourth-order valence-corrected chi connectivity index (χ4v) is 2.80. The lowest BCUT2D eigenvalue weighted by molar-refractivity contribution is 0.248. The third-order valence-electron chi connectivity index (χ3n) is 4.21. The van der Waals surface area contributed by atoms with Crippen molar-refractivity contribution in [2.45, 2.75) is 19.9 Å². The van der Waals surface area contributed by atoms with Gasteiger partial charge in [-0.25, -0.2) is 9.37 Å². The summed E-state index contributed by atoms with van der Waals surface area (Å²) in [6.07, 6.45) is 3.37. The minimum absolute atomic E-state index is 0.0405. The predicted octanol–water partition coefficient (Wildman–Crippen LogP) is 4.61. The molecule has 3 aromatic rings. The third-order valence-corrected chi connectivity index (χ3v) is 4.85. The number of anilines is 3. The molecule has 2 heterocycles. The van der Waals surface area contributed by atoms with Crippen LogP contribution < -0.4 is 10.6 Å². The number of aliphatic hydroxyl groups is 1. The first-order valence-corrected chi connectivity index (χ1v) is 9.64. The van der Waals surface area contributed by atoms with E-state index in [4.69, 9.17) is 0 Å². The minimum Gasteiger partial charge on any atom is -0.394 e. The highest BCUT2D eigenvalue weighted by Gasteiger charge is 2.15. The van der Waals surface area contributed by atoms with Crippen LogP contribution in [0, 0.1) is 11.7 Å². The fraction of sp³-hybridized carbons (Fsp3) is 0.250. The number of hydrogen-bond donors (Lipinski definition) is 3. The number of aliphatic hydroxyl groups excluding tert-OH is 1. The molecule has 146 valence electrons. The Kier molecular flexibility index (Phi) is 6.53. The predicted molar refractivity (Wildman–Crippen MR) is 112 cm³/mol. The molecule has 6 nitrogen and oxygen atoms in total. The molecule has 0 spiro atoms. The molecule has 0 bridgehead atoms. The van der Waals surface area contributed by atoms with Crippen LogP contribution in [0.25, 0.3) is 11.3 Å². The van der Waals surface area contributed by atoms with Crippen LogP contribution in [-0.4, -0.2) is 32.7 Å². The molecule has 0 aliphatic heterocycles. The number of nitrogens with one attached hydrogen (secondary N) is 2. The summed E-state index contributed by atoms with van der Waals surface area (Å²) >= 11 is 3.15. The largest absolute Gasteiger partial charge is 0.394 e. The molecule has 0 fully saturated rings. The molecule has 0 saturated heterocycles. The Balaban J connectivity index is 1.97. The molecule has 8 heteroatoms. The van der Waals surface area contributed by atoms with Crippen LogP contribution in [-0.2, 0) is 0 Å². The first kappa shape index (κ1) is 20.2. The van der Waals surface area contributed by atoms with E-state index in [1.165, 1.54) is 6.07 Å². The van der Waals surface area contributed by atoms with E-state index in [1.807, 2.05) is 26.0 Å². The Bertz CT molecular complexity index is 939. The molecule has 1 atom stereocenters. The minimum atomic E-state index is -0.369. The van der Waals surface area contributed by atoms with Gasteiger partial charge in [0.1, 0.15) is 11.6 Å². The standard InChI is InChI=1S/C20H21BrFN5O/c1-12(2)18(11-28)26-20-25-17(13-5-7-23-8-6-13)10-19(27-20)24-14-3-4-15(21)16(22)9-14/h3-10,12,18,28H,11H2,1-2H3,(H2,24,25,26,27)/t18-/m0/s1. The molecule has 0 amide bonds. The molecule has 28 heavy (non-hydrogen) atoms. The highest BCUT2D eigenvalue weighted by molar-refractivity contribution is 9.10. The average molecular weight is 446 g/mol. The van der Waals surface area contributed by atoms with Crippen molar-refractivity contribution >= 4 is 33.4 Å². The number of nitrogens with zero attached hydrogens (tertiary/aromatic N) is 3. The summed E-state index contributed by atoms with van der Waals surface area (Å²) in [7, 11) is 0. The second-order valence-electron chi connectivity index (χ2n) is 6.63. The summed E-state index contributed by atoms with van der Waals surface area (Å²) < 4.78 is 14.2. The van der Waals surface area contributed by atoms with Crippen molar-refractivity contribution in [3.63, 3.8) is 0 Å². The van der Waals surface area contributed by atoms with E-state index in [9.17, 15) is 9.50 Å². The second-order valence-corrected chi connectivity index (χ2v) is 7.48. The van der Waals surface area contributed by atoms with Gasteiger partial charge in [0, 0.05) is 29.7 Å². The lowest BCUT2D eigenvalue weighted by Crippen LogP contribution is -2.30. The van der Waals surface area contributed by atoms with Crippen molar-refractivity contribution in [1.82, 2.24) is 15.0 Å². The van der Waals surface area contributed by atoms with Crippen LogP contribution in [0.2, 0.25) is 0 Å². The van der Waals surface area contributed by atoms with E-state index >= 15 is 0 Å². The molecule has 0 radical (unpaired) electrons. The third kappa shape index (κ3) is 5.02. The van der Waals surface area contributed by atoms with Crippen LogP contribution in [0.3, 0.4) is 0 Å². The van der Waals surface area contributed by atoms with Gasteiger partial charge in [-0.15, -0.1) is 0 Å². The first-order valence-electron chi connectivity index (χ1n) is 8.85. The second kappa shape index (κ2) is 9.07. The number of aromatic nitrogens is 3. The van der Waals surface area contributed by atoms with Crippen molar-refractivity contribution in [2.24, 2.45) is 5.92 Å². The molecular weight excluding hydrogens is 425 g/mol. The van der Waals surface area contributed by atoms with E-state index in [2.05, 4.69) is 41.5 Å². The smallest absolute Gasteiger partial charge is 0.225 e. The number of halogens is 2. The summed E-state index contributed by atoms with van der Waals surface area (Å²) in [5, 5.41) is 15.9. The summed E-state index contributed by atoms with van der Waals surface area (Å²) in [5.41, 5.74) is 2.12. The number of rotatable bonds is 7. The van der Waals surface area contributed by atoms with Gasteiger partial charge < -0.3 is 15.7 Å². The van der Waals surface area contributed by atoms with Gasteiger partial charge in [-0.3, -0.25) is 4.98 Å². The van der Waals surface area contributed by atoms with Gasteiger partial charge in [0.25, 0.3) is 0 Å². The Morgan fingerprint density at radius 2 is 1.86 bits per heavy atom. The highest BCUT2D eigenvalue weighted by atomic mass is 79.9. The van der Waals surface area contributed by atoms with Crippen LogP contribution >= 0.6 is 15.9 Å². The van der Waals surface area contributed by atoms with Crippen molar-refractivity contribution in [1.29, 1.82) is 0 Å². The zero-order valence-corrected chi connectivity index (χ0v) is 17.1.